The van der Waals surface area contributed by atoms with E-state index in [0.29, 0.717) is 18.5 Å². The Kier molecular flexibility index (Phi) is 4.94. The van der Waals surface area contributed by atoms with Crippen LogP contribution in [0.3, 0.4) is 0 Å². The van der Waals surface area contributed by atoms with Gasteiger partial charge in [-0.3, -0.25) is 0 Å². The van der Waals surface area contributed by atoms with Gasteiger partial charge in [0.2, 0.25) is 0 Å². The fourth-order valence-corrected chi connectivity index (χ4v) is 4.45. The Balaban J connectivity index is 3.67. The molecule has 5 nitrogen and oxygen atoms in total. The third-order valence-electron chi connectivity index (χ3n) is 2.97. The van der Waals surface area contributed by atoms with Gasteiger partial charge in [-0.15, -0.1) is 0 Å². The van der Waals surface area contributed by atoms with Crippen LogP contribution in [-0.2, 0) is 19.7 Å². The summed E-state index contributed by atoms with van der Waals surface area (Å²) in [5.74, 6) is -1.21. The minimum atomic E-state index is -3.98. The summed E-state index contributed by atoms with van der Waals surface area (Å²) >= 11 is 0. The van der Waals surface area contributed by atoms with Gasteiger partial charge in [0.15, 0.2) is 19.7 Å². The van der Waals surface area contributed by atoms with Gasteiger partial charge in [-0.25, -0.2) is 21.2 Å². The molecule has 0 aliphatic heterocycles. The highest BCUT2D eigenvalue weighted by Gasteiger charge is 2.26. The molecule has 2 N–H and O–H groups in total. The summed E-state index contributed by atoms with van der Waals surface area (Å²) in [5.41, 5.74) is 5.84. The number of hydrogen-bond acceptors (Lipinski definition) is 5. The number of nitrogens with two attached hydrogens (primary N) is 1. The lowest BCUT2D eigenvalue weighted by Gasteiger charge is -2.15. The molecule has 8 heteroatoms. The quantitative estimate of drug-likeness (QED) is 0.875. The van der Waals surface area contributed by atoms with Gasteiger partial charge in [0.1, 0.15) is 10.7 Å². The van der Waals surface area contributed by atoms with Crippen molar-refractivity contribution >= 4 is 19.7 Å². The van der Waals surface area contributed by atoms with Crippen molar-refractivity contribution < 1.29 is 21.2 Å². The zero-order valence-corrected chi connectivity index (χ0v) is 13.2. The molecule has 0 spiro atoms. The van der Waals surface area contributed by atoms with E-state index in [9.17, 15) is 21.2 Å². The molecular formula is C12H18FNO4S2. The summed E-state index contributed by atoms with van der Waals surface area (Å²) in [5, 5.41) is 0. The van der Waals surface area contributed by atoms with Crippen LogP contribution in [0.2, 0.25) is 0 Å². The Morgan fingerprint density at radius 3 is 2.10 bits per heavy atom. The number of rotatable bonds is 5. The van der Waals surface area contributed by atoms with Gasteiger partial charge >= 0.3 is 0 Å². The molecule has 0 aliphatic carbocycles. The maximum atomic E-state index is 14.1. The van der Waals surface area contributed by atoms with Crippen LogP contribution in [0.25, 0.3) is 0 Å². The van der Waals surface area contributed by atoms with Crippen LogP contribution in [0.5, 0.6) is 0 Å². The van der Waals surface area contributed by atoms with E-state index in [-0.39, 0.29) is 5.92 Å². The molecule has 0 saturated heterocycles. The Bertz CT molecular complexity index is 711. The number of halogens is 1. The first-order valence-corrected chi connectivity index (χ1v) is 9.70. The molecule has 0 radical (unpaired) electrons. The van der Waals surface area contributed by atoms with Crippen molar-refractivity contribution in [2.75, 3.05) is 19.1 Å². The van der Waals surface area contributed by atoms with Gasteiger partial charge in [-0.1, -0.05) is 6.92 Å². The topological polar surface area (TPSA) is 94.3 Å². The average molecular weight is 323 g/mol. The van der Waals surface area contributed by atoms with Crippen LogP contribution in [-0.4, -0.2) is 35.9 Å². The van der Waals surface area contributed by atoms with E-state index in [4.69, 9.17) is 5.73 Å². The third kappa shape index (κ3) is 3.77. The maximum Gasteiger partial charge on any atom is 0.179 e. The monoisotopic (exact) mass is 323 g/mol. The zero-order valence-electron chi connectivity index (χ0n) is 11.6. The average Bonchev–Trinajstić information content (AvgIpc) is 2.25. The third-order valence-corrected chi connectivity index (χ3v) is 5.38. The highest BCUT2D eigenvalue weighted by Crippen LogP contribution is 2.30. The predicted molar refractivity (Wildman–Crippen MR) is 74.7 cm³/mol. The second-order valence-corrected chi connectivity index (χ2v) is 8.79. The van der Waals surface area contributed by atoms with Crippen molar-refractivity contribution in [3.8, 4) is 0 Å². The standard InChI is InChI=1S/C12H18FNO4S2/c1-8(4-5-14)9-6-10(13)12(20(3,17)18)11(7-9)19(2,15)16/h6-8H,4-5,14H2,1-3H3. The Hall–Kier alpha value is -0.990. The number of benzene rings is 1. The minimum Gasteiger partial charge on any atom is -0.330 e. The Morgan fingerprint density at radius 1 is 1.15 bits per heavy atom. The molecule has 114 valence electrons. The fraction of sp³-hybridized carbons (Fsp3) is 0.500. The Morgan fingerprint density at radius 2 is 1.70 bits per heavy atom. The van der Waals surface area contributed by atoms with E-state index in [1.807, 2.05) is 0 Å². The molecule has 0 saturated carbocycles. The van der Waals surface area contributed by atoms with Gasteiger partial charge in [-0.05, 0) is 36.6 Å². The van der Waals surface area contributed by atoms with Crippen molar-refractivity contribution in [1.29, 1.82) is 0 Å². The van der Waals surface area contributed by atoms with Crippen LogP contribution in [0.15, 0.2) is 21.9 Å². The van der Waals surface area contributed by atoms with Gasteiger partial charge < -0.3 is 5.73 Å². The lowest BCUT2D eigenvalue weighted by molar-refractivity contribution is 0.549. The summed E-state index contributed by atoms with van der Waals surface area (Å²) in [4.78, 5) is -1.28. The number of hydrogen-bond donors (Lipinski definition) is 1. The second-order valence-electron chi connectivity index (χ2n) is 4.85. The molecule has 0 amide bonds. The van der Waals surface area contributed by atoms with Crippen LogP contribution < -0.4 is 5.73 Å². The molecule has 20 heavy (non-hydrogen) atoms. The summed E-state index contributed by atoms with van der Waals surface area (Å²) in [6.45, 7) is 2.14. The van der Waals surface area contributed by atoms with E-state index in [1.165, 1.54) is 6.07 Å². The van der Waals surface area contributed by atoms with Gasteiger partial charge in [-0.2, -0.15) is 0 Å². The number of sulfone groups is 2. The highest BCUT2D eigenvalue weighted by atomic mass is 32.2. The lowest BCUT2D eigenvalue weighted by atomic mass is 9.98. The zero-order chi connectivity index (χ0) is 15.7. The minimum absolute atomic E-state index is 0.163. The van der Waals surface area contributed by atoms with E-state index < -0.39 is 35.3 Å². The summed E-state index contributed by atoms with van der Waals surface area (Å²) < 4.78 is 60.7. The molecule has 1 aromatic rings. The first-order valence-electron chi connectivity index (χ1n) is 5.92. The van der Waals surface area contributed by atoms with Crippen LogP contribution in [0, 0.1) is 5.82 Å². The van der Waals surface area contributed by atoms with Crippen molar-refractivity contribution in [2.45, 2.75) is 29.1 Å². The molecule has 0 heterocycles. The molecule has 1 unspecified atom stereocenters. The molecule has 1 atom stereocenters. The highest BCUT2D eigenvalue weighted by molar-refractivity contribution is 7.93. The smallest absolute Gasteiger partial charge is 0.179 e. The first kappa shape index (κ1) is 17.1. The van der Waals surface area contributed by atoms with E-state index >= 15 is 0 Å². The van der Waals surface area contributed by atoms with E-state index in [0.717, 1.165) is 18.6 Å². The van der Waals surface area contributed by atoms with Gasteiger partial charge in [0.05, 0.1) is 4.90 Å². The molecule has 0 aliphatic rings. The largest absolute Gasteiger partial charge is 0.330 e. The fourth-order valence-electron chi connectivity index (χ4n) is 1.92. The normalized spacial score (nSPS) is 14.2. The second kappa shape index (κ2) is 5.79. The molecule has 0 aromatic heterocycles. The summed E-state index contributed by atoms with van der Waals surface area (Å²) in [6.07, 6.45) is 2.18. The predicted octanol–water partition coefficient (Wildman–Crippen LogP) is 1.09. The van der Waals surface area contributed by atoms with Crippen LogP contribution in [0.4, 0.5) is 4.39 Å². The Labute approximate surface area is 118 Å². The lowest BCUT2D eigenvalue weighted by Crippen LogP contribution is -2.12. The molecule has 0 bridgehead atoms. The maximum absolute atomic E-state index is 14.1. The van der Waals surface area contributed by atoms with E-state index in [1.54, 1.807) is 6.92 Å². The molecule has 1 aromatic carbocycles. The molecule has 0 fully saturated rings. The van der Waals surface area contributed by atoms with Crippen LogP contribution >= 0.6 is 0 Å². The summed E-state index contributed by atoms with van der Waals surface area (Å²) in [6, 6.07) is 2.28. The SMILES string of the molecule is CC(CCN)c1cc(F)c(S(C)(=O)=O)c(S(C)(=O)=O)c1. The van der Waals surface area contributed by atoms with Gasteiger partial charge in [0, 0.05) is 12.5 Å². The van der Waals surface area contributed by atoms with Crippen molar-refractivity contribution in [2.24, 2.45) is 5.73 Å². The van der Waals surface area contributed by atoms with Gasteiger partial charge in [0.25, 0.3) is 0 Å². The van der Waals surface area contributed by atoms with Crippen molar-refractivity contribution in [3.05, 3.63) is 23.5 Å². The molecule has 1 rings (SSSR count). The summed E-state index contributed by atoms with van der Waals surface area (Å²) in [7, 11) is -7.84. The molecular weight excluding hydrogens is 305 g/mol. The first-order chi connectivity index (χ1) is 8.98. The van der Waals surface area contributed by atoms with E-state index in [2.05, 4.69) is 0 Å². The van der Waals surface area contributed by atoms with Crippen molar-refractivity contribution in [1.82, 2.24) is 0 Å². The van der Waals surface area contributed by atoms with Crippen LogP contribution in [0.1, 0.15) is 24.8 Å². The van der Waals surface area contributed by atoms with Crippen molar-refractivity contribution in [3.63, 3.8) is 0 Å².